The quantitative estimate of drug-likeness (QED) is 0.681. The normalized spacial score (nSPS) is 13.5. The highest BCUT2D eigenvalue weighted by molar-refractivity contribution is 6.21. The third-order valence-corrected chi connectivity index (χ3v) is 3.82. The molecule has 0 aliphatic carbocycles. The molecule has 3 aromatic rings. The second kappa shape index (κ2) is 4.88. The van der Waals surface area contributed by atoms with E-state index in [1.807, 2.05) is 12.1 Å². The summed E-state index contributed by atoms with van der Waals surface area (Å²) >= 11 is 0. The minimum atomic E-state index is -0.409. The van der Waals surface area contributed by atoms with Gasteiger partial charge in [-0.1, -0.05) is 12.1 Å². The van der Waals surface area contributed by atoms with Crippen molar-refractivity contribution in [2.24, 2.45) is 0 Å². The highest BCUT2D eigenvalue weighted by Gasteiger charge is 2.48. The molecule has 1 aliphatic rings. The van der Waals surface area contributed by atoms with Gasteiger partial charge in [-0.05, 0) is 36.4 Å². The van der Waals surface area contributed by atoms with Crippen molar-refractivity contribution in [3.63, 3.8) is 0 Å². The van der Waals surface area contributed by atoms with Crippen molar-refractivity contribution < 1.29 is 18.9 Å². The fourth-order valence-electron chi connectivity index (χ4n) is 2.70. The number of nitrogens with zero attached hydrogens (tertiary/aromatic N) is 3. The number of carbonyl (C=O) groups excluding carboxylic acids is 2. The van der Waals surface area contributed by atoms with E-state index in [1.165, 1.54) is 10.8 Å². The number of imide groups is 1. The van der Waals surface area contributed by atoms with Crippen molar-refractivity contribution in [3.05, 3.63) is 60.4 Å². The van der Waals surface area contributed by atoms with E-state index in [2.05, 4.69) is 4.98 Å². The molecular weight excluding hydrogens is 294 g/mol. The second-order valence-corrected chi connectivity index (χ2v) is 5.09. The van der Waals surface area contributed by atoms with Crippen LogP contribution in [0, 0.1) is 0 Å². The molecule has 0 N–H and O–H groups in total. The Balaban J connectivity index is 1.87. The van der Waals surface area contributed by atoms with Crippen molar-refractivity contribution in [3.8, 4) is 5.75 Å². The molecule has 0 saturated heterocycles. The van der Waals surface area contributed by atoms with Crippen molar-refractivity contribution in [1.29, 1.82) is 0 Å². The van der Waals surface area contributed by atoms with Crippen molar-refractivity contribution in [2.75, 3.05) is 12.0 Å². The Labute approximate surface area is 131 Å². The monoisotopic (exact) mass is 306 g/mol. The van der Waals surface area contributed by atoms with E-state index in [-0.39, 0.29) is 5.69 Å². The van der Waals surface area contributed by atoms with Crippen molar-refractivity contribution >= 4 is 28.7 Å². The molecule has 2 heterocycles. The first kappa shape index (κ1) is 13.4. The Morgan fingerprint density at radius 3 is 2.52 bits per heavy atom. The maximum atomic E-state index is 12.8. The average Bonchev–Trinajstić information content (AvgIpc) is 2.86. The van der Waals surface area contributed by atoms with Gasteiger partial charge in [-0.3, -0.25) is 0 Å². The Morgan fingerprint density at radius 1 is 1.04 bits per heavy atom. The largest absolute Gasteiger partial charge is 0.512 e. The number of benzene rings is 2. The van der Waals surface area contributed by atoms with Crippen LogP contribution in [0.3, 0.4) is 0 Å². The van der Waals surface area contributed by atoms with Gasteiger partial charge < -0.3 is 4.74 Å². The van der Waals surface area contributed by atoms with Gasteiger partial charge in [0.15, 0.2) is 5.52 Å². The number of methoxy groups -OCH3 is 1. The van der Waals surface area contributed by atoms with Gasteiger partial charge in [-0.2, -0.15) is 4.79 Å². The lowest BCUT2D eigenvalue weighted by atomic mass is 10.2. The molecule has 2 aromatic carbocycles. The van der Waals surface area contributed by atoms with Crippen LogP contribution in [0.2, 0.25) is 0 Å². The third-order valence-electron chi connectivity index (χ3n) is 3.82. The lowest BCUT2D eigenvalue weighted by molar-refractivity contribution is -0.537. The van der Waals surface area contributed by atoms with Gasteiger partial charge in [0, 0.05) is 0 Å². The zero-order chi connectivity index (χ0) is 16.0. The SMILES string of the molecule is COc1ccc(N2C(=O)c3cnc4ccccc4[n+]3C2=O)cc1. The number of anilines is 1. The second-order valence-electron chi connectivity index (χ2n) is 5.09. The summed E-state index contributed by atoms with van der Waals surface area (Å²) in [5.41, 5.74) is 2.02. The minimum absolute atomic E-state index is 0.254. The van der Waals surface area contributed by atoms with E-state index >= 15 is 0 Å². The van der Waals surface area contributed by atoms with Crippen LogP contribution in [-0.2, 0) is 0 Å². The molecular formula is C17H12N3O3+. The Hall–Kier alpha value is -3.28. The lowest BCUT2D eigenvalue weighted by Crippen LogP contribution is -2.46. The molecule has 0 saturated carbocycles. The maximum Gasteiger partial charge on any atom is 0.512 e. The molecule has 1 aromatic heterocycles. The van der Waals surface area contributed by atoms with Crippen LogP contribution in [0.5, 0.6) is 5.75 Å². The molecule has 6 heteroatoms. The Kier molecular flexibility index (Phi) is 2.84. The van der Waals surface area contributed by atoms with Crippen LogP contribution in [-0.4, -0.2) is 24.0 Å². The zero-order valence-corrected chi connectivity index (χ0v) is 12.3. The molecule has 0 fully saturated rings. The van der Waals surface area contributed by atoms with E-state index in [0.717, 1.165) is 4.90 Å². The molecule has 0 bridgehead atoms. The maximum absolute atomic E-state index is 12.8. The number of ether oxygens (including phenoxy) is 1. The third kappa shape index (κ3) is 1.88. The van der Waals surface area contributed by atoms with Gasteiger partial charge in [0.25, 0.3) is 0 Å². The van der Waals surface area contributed by atoms with E-state index < -0.39 is 11.9 Å². The highest BCUT2D eigenvalue weighted by Crippen LogP contribution is 2.24. The van der Waals surface area contributed by atoms with Crippen LogP contribution < -0.4 is 14.2 Å². The molecule has 112 valence electrons. The Bertz CT molecular complexity index is 951. The van der Waals surface area contributed by atoms with Gasteiger partial charge in [0.05, 0.1) is 13.3 Å². The fourth-order valence-corrected chi connectivity index (χ4v) is 2.70. The summed E-state index contributed by atoms with van der Waals surface area (Å²) in [7, 11) is 1.56. The Morgan fingerprint density at radius 2 is 1.78 bits per heavy atom. The molecule has 6 nitrogen and oxygen atoms in total. The highest BCUT2D eigenvalue weighted by atomic mass is 16.5. The summed E-state index contributed by atoms with van der Waals surface area (Å²) in [5, 5.41) is 0. The molecule has 0 unspecified atom stereocenters. The van der Waals surface area contributed by atoms with E-state index in [1.54, 1.807) is 43.5 Å². The lowest BCUT2D eigenvalue weighted by Gasteiger charge is -2.05. The summed E-state index contributed by atoms with van der Waals surface area (Å²) in [4.78, 5) is 30.8. The van der Waals surface area contributed by atoms with Gasteiger partial charge in [0.2, 0.25) is 5.69 Å². The number of aromatic nitrogens is 2. The summed E-state index contributed by atoms with van der Waals surface area (Å²) < 4.78 is 6.50. The van der Waals surface area contributed by atoms with Crippen LogP contribution in [0.15, 0.2) is 54.7 Å². The number of hydrogen-bond acceptors (Lipinski definition) is 4. The summed E-state index contributed by atoms with van der Waals surface area (Å²) in [6.07, 6.45) is 1.44. The molecule has 0 spiro atoms. The van der Waals surface area contributed by atoms with Crippen LogP contribution >= 0.6 is 0 Å². The smallest absolute Gasteiger partial charge is 0.497 e. The number of fused-ring (bicyclic) bond motifs is 3. The van der Waals surface area contributed by atoms with E-state index in [0.29, 0.717) is 22.5 Å². The first-order chi connectivity index (χ1) is 11.2. The zero-order valence-electron chi connectivity index (χ0n) is 12.3. The standard InChI is InChI=1S/C17H12N3O3/c1-23-12-8-6-11(7-9-12)19-16(21)15-10-18-13-4-2-3-5-14(13)20(15)17(19)22/h2-10H,1H3/q+1. The number of amides is 2. The summed E-state index contributed by atoms with van der Waals surface area (Å²) in [6, 6.07) is 13.6. The predicted molar refractivity (Wildman–Crippen MR) is 82.5 cm³/mol. The number of para-hydroxylation sites is 2. The number of hydrogen-bond donors (Lipinski definition) is 0. The molecule has 1 aliphatic heterocycles. The summed E-state index contributed by atoms with van der Waals surface area (Å²) in [6.45, 7) is 0. The molecule has 4 rings (SSSR count). The van der Waals surface area contributed by atoms with Gasteiger partial charge in [-0.25, -0.2) is 9.78 Å². The topological polar surface area (TPSA) is 63.4 Å². The van der Waals surface area contributed by atoms with Crippen molar-refractivity contribution in [1.82, 2.24) is 4.98 Å². The first-order valence-corrected chi connectivity index (χ1v) is 7.03. The number of rotatable bonds is 2. The summed E-state index contributed by atoms with van der Waals surface area (Å²) in [5.74, 6) is 0.267. The van der Waals surface area contributed by atoms with Crippen molar-refractivity contribution in [2.45, 2.75) is 0 Å². The fraction of sp³-hybridized carbons (Fsp3) is 0.0588. The van der Waals surface area contributed by atoms with Gasteiger partial charge >= 0.3 is 11.9 Å². The molecule has 0 atom stereocenters. The van der Waals surface area contributed by atoms with E-state index in [4.69, 9.17) is 4.74 Å². The van der Waals surface area contributed by atoms with Crippen LogP contribution in [0.1, 0.15) is 10.5 Å². The molecule has 2 amide bonds. The minimum Gasteiger partial charge on any atom is -0.497 e. The van der Waals surface area contributed by atoms with E-state index in [9.17, 15) is 9.59 Å². The van der Waals surface area contributed by atoms with Crippen LogP contribution in [0.4, 0.5) is 10.5 Å². The predicted octanol–water partition coefficient (Wildman–Crippen LogP) is 2.16. The average molecular weight is 306 g/mol. The van der Waals surface area contributed by atoms with Crippen LogP contribution in [0.25, 0.3) is 11.0 Å². The van der Waals surface area contributed by atoms with Gasteiger partial charge in [0.1, 0.15) is 17.0 Å². The van der Waals surface area contributed by atoms with Gasteiger partial charge in [-0.15, -0.1) is 9.47 Å². The molecule has 0 radical (unpaired) electrons. The number of carbonyl (C=O) groups is 2. The first-order valence-electron chi connectivity index (χ1n) is 7.03. The molecule has 23 heavy (non-hydrogen) atoms.